The molecule has 0 saturated carbocycles. The van der Waals surface area contributed by atoms with Crippen LogP contribution in [0.2, 0.25) is 0 Å². The highest BCUT2D eigenvalue weighted by atomic mass is 79.9. The topological polar surface area (TPSA) is 24.9 Å². The molecule has 2 aromatic carbocycles. The predicted molar refractivity (Wildman–Crippen MR) is 85.5 cm³/mol. The Hall–Kier alpha value is -1.23. The second-order valence-electron chi connectivity index (χ2n) is 4.33. The van der Waals surface area contributed by atoms with Crippen molar-refractivity contribution in [1.29, 1.82) is 0 Å². The van der Waals surface area contributed by atoms with Crippen LogP contribution >= 0.6 is 27.3 Å². The lowest BCUT2D eigenvalue weighted by molar-refractivity contribution is 0.795. The molecule has 4 heteroatoms. The van der Waals surface area contributed by atoms with Crippen molar-refractivity contribution in [2.45, 2.75) is 6.54 Å². The van der Waals surface area contributed by atoms with Crippen LogP contribution in [0.4, 0.5) is 0 Å². The average Bonchev–Trinajstić information content (AvgIpc) is 2.80. The molecule has 0 radical (unpaired) electrons. The van der Waals surface area contributed by atoms with Gasteiger partial charge in [0.2, 0.25) is 0 Å². The third-order valence-corrected chi connectivity index (χ3v) is 4.87. The molecule has 0 atom stereocenters. The number of fused-ring (bicyclic) bond motifs is 1. The van der Waals surface area contributed by atoms with Crippen LogP contribution < -0.4 is 5.32 Å². The lowest BCUT2D eigenvalue weighted by atomic mass is 10.1. The number of halogens is 1. The highest BCUT2D eigenvalue weighted by molar-refractivity contribution is 9.11. The minimum atomic E-state index is 0.782. The van der Waals surface area contributed by atoms with Gasteiger partial charge in [0.05, 0.1) is 9.48 Å². The maximum atomic E-state index is 4.69. The largest absolute Gasteiger partial charge is 0.314 e. The van der Waals surface area contributed by atoms with Gasteiger partial charge in [-0.15, -0.1) is 11.3 Å². The van der Waals surface area contributed by atoms with E-state index in [4.69, 9.17) is 0 Å². The van der Waals surface area contributed by atoms with Crippen molar-refractivity contribution in [3.63, 3.8) is 0 Å². The van der Waals surface area contributed by atoms with E-state index in [9.17, 15) is 0 Å². The maximum absolute atomic E-state index is 4.69. The summed E-state index contributed by atoms with van der Waals surface area (Å²) in [6.45, 7) is 0.782. The van der Waals surface area contributed by atoms with Crippen LogP contribution in [0.15, 0.2) is 46.3 Å². The second-order valence-corrected chi connectivity index (χ2v) is 6.65. The lowest BCUT2D eigenvalue weighted by Gasteiger charge is -2.00. The number of thiazole rings is 1. The van der Waals surface area contributed by atoms with Crippen molar-refractivity contribution in [2.24, 2.45) is 0 Å². The van der Waals surface area contributed by atoms with E-state index in [0.717, 1.165) is 21.0 Å². The number of hydrogen-bond donors (Lipinski definition) is 1. The van der Waals surface area contributed by atoms with Gasteiger partial charge in [0.25, 0.3) is 0 Å². The van der Waals surface area contributed by atoms with Crippen molar-refractivity contribution >= 4 is 38.0 Å². The third-order valence-electron chi connectivity index (χ3n) is 2.99. The van der Waals surface area contributed by atoms with E-state index in [1.807, 2.05) is 7.05 Å². The molecular formula is C15H13BrN2S. The van der Waals surface area contributed by atoms with Crippen LogP contribution in [0.25, 0.3) is 21.3 Å². The summed E-state index contributed by atoms with van der Waals surface area (Å²) in [7, 11) is 1.93. The number of benzene rings is 2. The van der Waals surface area contributed by atoms with Gasteiger partial charge in [0.15, 0.2) is 0 Å². The zero-order valence-corrected chi connectivity index (χ0v) is 12.9. The standard InChI is InChI=1S/C15H13BrN2S/c1-17-9-13-14(16)19-15(18-13)12-7-6-10-4-2-3-5-11(10)8-12/h2-8,17H,9H2,1H3. The molecular weight excluding hydrogens is 320 g/mol. The molecule has 0 saturated heterocycles. The summed E-state index contributed by atoms with van der Waals surface area (Å²) in [6, 6.07) is 14.9. The van der Waals surface area contributed by atoms with Crippen LogP contribution in [0, 0.1) is 0 Å². The van der Waals surface area contributed by atoms with Crippen molar-refractivity contribution < 1.29 is 0 Å². The van der Waals surface area contributed by atoms with E-state index < -0.39 is 0 Å². The first-order valence-corrected chi connectivity index (χ1v) is 7.68. The van der Waals surface area contributed by atoms with Gasteiger partial charge >= 0.3 is 0 Å². The normalized spacial score (nSPS) is 11.1. The molecule has 1 heterocycles. The summed E-state index contributed by atoms with van der Waals surface area (Å²) >= 11 is 5.26. The molecule has 0 aliphatic heterocycles. The van der Waals surface area contributed by atoms with E-state index in [2.05, 4.69) is 68.7 Å². The first-order chi connectivity index (χ1) is 9.28. The molecule has 0 fully saturated rings. The monoisotopic (exact) mass is 332 g/mol. The zero-order valence-electron chi connectivity index (χ0n) is 10.5. The quantitative estimate of drug-likeness (QED) is 0.766. The summed E-state index contributed by atoms with van der Waals surface area (Å²) in [4.78, 5) is 4.69. The number of hydrogen-bond acceptors (Lipinski definition) is 3. The van der Waals surface area contributed by atoms with Gasteiger partial charge in [-0.2, -0.15) is 0 Å². The number of nitrogens with one attached hydrogen (secondary N) is 1. The molecule has 1 N–H and O–H groups in total. The summed E-state index contributed by atoms with van der Waals surface area (Å²) in [5.41, 5.74) is 2.24. The lowest BCUT2D eigenvalue weighted by Crippen LogP contribution is -2.05. The molecule has 0 spiro atoms. The van der Waals surface area contributed by atoms with Gasteiger partial charge in [-0.3, -0.25) is 0 Å². The minimum absolute atomic E-state index is 0.782. The highest BCUT2D eigenvalue weighted by Gasteiger charge is 2.10. The average molecular weight is 333 g/mol. The fourth-order valence-electron chi connectivity index (χ4n) is 2.06. The zero-order chi connectivity index (χ0) is 13.2. The fraction of sp³-hybridized carbons (Fsp3) is 0.133. The molecule has 3 aromatic rings. The van der Waals surface area contributed by atoms with Gasteiger partial charge in [0.1, 0.15) is 5.01 Å². The third kappa shape index (κ3) is 2.56. The van der Waals surface area contributed by atoms with Crippen LogP contribution in [-0.4, -0.2) is 12.0 Å². The second kappa shape index (κ2) is 5.41. The Morgan fingerprint density at radius 3 is 2.74 bits per heavy atom. The first-order valence-electron chi connectivity index (χ1n) is 6.07. The van der Waals surface area contributed by atoms with Gasteiger partial charge in [0, 0.05) is 12.1 Å². The Morgan fingerprint density at radius 2 is 1.95 bits per heavy atom. The summed E-state index contributed by atoms with van der Waals surface area (Å²) < 4.78 is 1.10. The van der Waals surface area contributed by atoms with Crippen LogP contribution in [0.1, 0.15) is 5.69 Å². The molecule has 0 aliphatic carbocycles. The van der Waals surface area contributed by atoms with Gasteiger partial charge in [-0.25, -0.2) is 4.98 Å². The predicted octanol–water partition coefficient (Wildman–Crippen LogP) is 4.45. The van der Waals surface area contributed by atoms with Crippen molar-refractivity contribution in [3.8, 4) is 10.6 Å². The van der Waals surface area contributed by atoms with Gasteiger partial charge in [-0.1, -0.05) is 36.4 Å². The number of aromatic nitrogens is 1. The van der Waals surface area contributed by atoms with E-state index in [-0.39, 0.29) is 0 Å². The smallest absolute Gasteiger partial charge is 0.124 e. The highest BCUT2D eigenvalue weighted by Crippen LogP contribution is 2.33. The molecule has 3 rings (SSSR count). The molecule has 0 amide bonds. The van der Waals surface area contributed by atoms with E-state index in [1.54, 1.807) is 11.3 Å². The van der Waals surface area contributed by atoms with Gasteiger partial charge in [-0.05, 0) is 39.8 Å². The molecule has 1 aromatic heterocycles. The first kappa shape index (κ1) is 12.8. The Kier molecular flexibility index (Phi) is 3.64. The van der Waals surface area contributed by atoms with E-state index in [1.165, 1.54) is 16.3 Å². The summed E-state index contributed by atoms with van der Waals surface area (Å²) in [5, 5.41) is 6.70. The minimum Gasteiger partial charge on any atom is -0.314 e. The van der Waals surface area contributed by atoms with E-state index in [0.29, 0.717) is 0 Å². The molecule has 96 valence electrons. The number of rotatable bonds is 3. The molecule has 2 nitrogen and oxygen atoms in total. The molecule has 0 unspecified atom stereocenters. The van der Waals surface area contributed by atoms with E-state index >= 15 is 0 Å². The Labute approximate surface area is 124 Å². The van der Waals surface area contributed by atoms with Crippen molar-refractivity contribution in [3.05, 3.63) is 51.9 Å². The van der Waals surface area contributed by atoms with Crippen LogP contribution in [0.3, 0.4) is 0 Å². The molecule has 19 heavy (non-hydrogen) atoms. The SMILES string of the molecule is CNCc1nc(-c2ccc3ccccc3c2)sc1Br. The summed E-state index contributed by atoms with van der Waals surface area (Å²) in [5.74, 6) is 0. The van der Waals surface area contributed by atoms with Crippen LogP contribution in [-0.2, 0) is 6.54 Å². The molecule has 0 bridgehead atoms. The maximum Gasteiger partial charge on any atom is 0.124 e. The Morgan fingerprint density at radius 1 is 1.16 bits per heavy atom. The number of nitrogens with zero attached hydrogens (tertiary/aromatic N) is 1. The molecule has 0 aliphatic rings. The van der Waals surface area contributed by atoms with Gasteiger partial charge < -0.3 is 5.32 Å². The van der Waals surface area contributed by atoms with Crippen LogP contribution in [0.5, 0.6) is 0 Å². The Balaban J connectivity index is 2.06. The Bertz CT molecular complexity index is 721. The summed E-state index contributed by atoms with van der Waals surface area (Å²) in [6.07, 6.45) is 0. The van der Waals surface area contributed by atoms with Crippen molar-refractivity contribution in [1.82, 2.24) is 10.3 Å². The fourth-order valence-corrected chi connectivity index (χ4v) is 3.55. The van der Waals surface area contributed by atoms with Crippen molar-refractivity contribution in [2.75, 3.05) is 7.05 Å².